The van der Waals surface area contributed by atoms with Crippen molar-refractivity contribution < 1.29 is 61.7 Å². The second-order valence-electron chi connectivity index (χ2n) is 10.4. The van der Waals surface area contributed by atoms with Crippen molar-refractivity contribution in [2.24, 2.45) is 0 Å². The van der Waals surface area contributed by atoms with E-state index >= 15 is 4.39 Å². The van der Waals surface area contributed by atoms with Gasteiger partial charge in [0.05, 0.1) is 37.6 Å². The Kier molecular flexibility index (Phi) is 12.9. The fraction of sp³-hybridized carbons (Fsp3) is 0.630. The van der Waals surface area contributed by atoms with Gasteiger partial charge in [0.1, 0.15) is 11.4 Å². The van der Waals surface area contributed by atoms with Crippen LogP contribution in [-0.2, 0) is 47.4 Å². The number of benzene rings is 1. The quantitative estimate of drug-likeness (QED) is 0.120. The van der Waals surface area contributed by atoms with E-state index in [0.29, 0.717) is 5.52 Å². The number of carboxylic acids is 1. The predicted octanol–water partition coefficient (Wildman–Crippen LogP) is 4.88. The van der Waals surface area contributed by atoms with Crippen LogP contribution in [0.15, 0.2) is 23.1 Å². The summed E-state index contributed by atoms with van der Waals surface area (Å²) in [5.74, 6) is -2.05. The zero-order valence-corrected chi connectivity index (χ0v) is 27.9. The Morgan fingerprint density at radius 1 is 0.891 bits per heavy atom. The van der Waals surface area contributed by atoms with Crippen LogP contribution < -0.4 is 10.3 Å². The molecular formula is C27H40FN3O13P2. The van der Waals surface area contributed by atoms with Crippen LogP contribution in [-0.4, -0.2) is 85.1 Å². The topological polar surface area (TPSA) is 174 Å². The highest BCUT2D eigenvalue weighted by Gasteiger charge is 2.56. The maximum atomic E-state index is 15.5. The first-order chi connectivity index (χ1) is 22.0. The SMILES string of the molecule is CCOOP(=O)(OOCC)C(CN1CCN(c2cc3c(cc2F)c(=O)c(C(=O)O)cn3C2CC2)CC1)P(=O)(OOCC)OOCC. The normalized spacial score (nSPS) is 16.5. The van der Waals surface area contributed by atoms with Gasteiger partial charge in [-0.2, -0.15) is 0 Å². The van der Waals surface area contributed by atoms with Crippen LogP contribution >= 0.6 is 15.2 Å². The zero-order valence-electron chi connectivity index (χ0n) is 26.1. The van der Waals surface area contributed by atoms with Gasteiger partial charge >= 0.3 is 21.2 Å². The van der Waals surface area contributed by atoms with E-state index in [1.807, 2.05) is 0 Å². The summed E-state index contributed by atoms with van der Waals surface area (Å²) in [5.41, 5.74) is -0.481. The molecule has 0 spiro atoms. The molecular weight excluding hydrogens is 655 g/mol. The molecule has 2 aliphatic rings. The van der Waals surface area contributed by atoms with Gasteiger partial charge < -0.3 is 14.6 Å². The second-order valence-corrected chi connectivity index (χ2v) is 14.8. The summed E-state index contributed by atoms with van der Waals surface area (Å²) in [7, 11) is -9.14. The number of anilines is 1. The number of aromatic nitrogens is 1. The fourth-order valence-electron chi connectivity index (χ4n) is 4.91. The maximum Gasteiger partial charge on any atom is 0.400 e. The summed E-state index contributed by atoms with van der Waals surface area (Å²) in [4.78, 5) is 47.9. The largest absolute Gasteiger partial charge is 0.477 e. The van der Waals surface area contributed by atoms with Crippen molar-refractivity contribution in [1.29, 1.82) is 0 Å². The summed E-state index contributed by atoms with van der Waals surface area (Å²) < 4.78 is 65.8. The number of piperazine rings is 1. The number of carboxylic acid groups (broad SMARTS) is 1. The number of hydrogen-bond donors (Lipinski definition) is 1. The molecule has 0 bridgehead atoms. The van der Waals surface area contributed by atoms with E-state index < -0.39 is 43.4 Å². The van der Waals surface area contributed by atoms with Crippen LogP contribution in [0.25, 0.3) is 10.9 Å². The van der Waals surface area contributed by atoms with Crippen LogP contribution in [0.4, 0.5) is 10.1 Å². The molecule has 2 heterocycles. The van der Waals surface area contributed by atoms with Crippen LogP contribution in [0.5, 0.6) is 0 Å². The van der Waals surface area contributed by atoms with E-state index in [9.17, 15) is 23.8 Å². The Balaban J connectivity index is 1.61. The molecule has 0 unspecified atom stereocenters. The number of pyridine rings is 1. The first-order valence-electron chi connectivity index (χ1n) is 15.0. The highest BCUT2D eigenvalue weighted by molar-refractivity contribution is 7.72. The van der Waals surface area contributed by atoms with Crippen LogP contribution in [0, 0.1) is 5.82 Å². The first kappa shape index (κ1) is 36.6. The molecule has 4 rings (SSSR count). The van der Waals surface area contributed by atoms with Crippen LogP contribution in [0.1, 0.15) is 56.9 Å². The standard InChI is InChI=1S/C27H40FN3O13P2/c1-5-37-41-45(35,42-38-6-2)25(46(36,43-39-7-3)44-40-8-4)18-29-11-13-30(14-12-29)24-16-23-20(15-22(24)28)26(32)21(27(33)34)17-31(23)19-9-10-19/h15-17,19,25H,5-14,18H2,1-4H3,(H,33,34). The third-order valence-electron chi connectivity index (χ3n) is 7.23. The molecule has 16 nitrogen and oxygen atoms in total. The highest BCUT2D eigenvalue weighted by Crippen LogP contribution is 2.71. The summed E-state index contributed by atoms with van der Waals surface area (Å²) in [6.45, 7) is 6.98. The number of aromatic carboxylic acids is 1. The Hall–Kier alpha value is -2.27. The van der Waals surface area contributed by atoms with Crippen molar-refractivity contribution >= 4 is 37.8 Å². The summed E-state index contributed by atoms with van der Waals surface area (Å²) in [6, 6.07) is 2.67. The van der Waals surface area contributed by atoms with Gasteiger partial charge in [-0.25, -0.2) is 28.7 Å². The van der Waals surface area contributed by atoms with Crippen LogP contribution in [0.3, 0.4) is 0 Å². The molecule has 1 aliphatic heterocycles. The predicted molar refractivity (Wildman–Crippen MR) is 162 cm³/mol. The van der Waals surface area contributed by atoms with Crippen molar-refractivity contribution in [2.75, 3.05) is 64.1 Å². The monoisotopic (exact) mass is 695 g/mol. The second kappa shape index (κ2) is 16.2. The van der Waals surface area contributed by atoms with Crippen molar-refractivity contribution in [2.45, 2.75) is 52.0 Å². The van der Waals surface area contributed by atoms with Gasteiger partial charge in [-0.3, -0.25) is 18.8 Å². The van der Waals surface area contributed by atoms with Gasteiger partial charge in [0.25, 0.3) is 0 Å². The molecule has 1 aliphatic carbocycles. The molecule has 1 saturated heterocycles. The van der Waals surface area contributed by atoms with E-state index in [2.05, 4.69) is 0 Å². The summed E-state index contributed by atoms with van der Waals surface area (Å²) in [5, 5.41) is 7.85. The van der Waals surface area contributed by atoms with Crippen molar-refractivity contribution in [3.63, 3.8) is 0 Å². The third-order valence-corrected chi connectivity index (χ3v) is 12.0. The van der Waals surface area contributed by atoms with Gasteiger partial charge in [-0.05, 0) is 52.7 Å². The maximum absolute atomic E-state index is 15.5. The minimum atomic E-state index is -4.57. The molecule has 0 atom stereocenters. The lowest BCUT2D eigenvalue weighted by atomic mass is 10.1. The zero-order chi connectivity index (χ0) is 33.5. The molecule has 1 N–H and O–H groups in total. The van der Waals surface area contributed by atoms with E-state index in [0.717, 1.165) is 18.9 Å². The van der Waals surface area contributed by atoms with Gasteiger partial charge in [-0.15, -0.1) is 18.7 Å². The molecule has 46 heavy (non-hydrogen) atoms. The Morgan fingerprint density at radius 2 is 1.39 bits per heavy atom. The number of hydrogen-bond acceptors (Lipinski definition) is 14. The van der Waals surface area contributed by atoms with Crippen molar-refractivity contribution in [1.82, 2.24) is 9.47 Å². The molecule has 1 aromatic carbocycles. The molecule has 19 heteroatoms. The van der Waals surface area contributed by atoms with Gasteiger partial charge in [0.2, 0.25) is 5.43 Å². The summed E-state index contributed by atoms with van der Waals surface area (Å²) in [6.07, 6.45) is 2.96. The molecule has 2 aromatic rings. The number of nitrogens with zero attached hydrogens (tertiary/aromatic N) is 3. The minimum Gasteiger partial charge on any atom is -0.477 e. The molecule has 0 radical (unpaired) electrons. The summed E-state index contributed by atoms with van der Waals surface area (Å²) >= 11 is 0. The number of fused-ring (bicyclic) bond motifs is 1. The van der Waals surface area contributed by atoms with Gasteiger partial charge in [0, 0.05) is 50.3 Å². The van der Waals surface area contributed by atoms with E-state index in [1.54, 1.807) is 48.1 Å². The fourth-order valence-corrected chi connectivity index (χ4v) is 9.08. The lowest BCUT2D eigenvalue weighted by Gasteiger charge is -2.38. The number of halogens is 1. The first-order valence-corrected chi connectivity index (χ1v) is 18.3. The van der Waals surface area contributed by atoms with E-state index in [-0.39, 0.29) is 76.3 Å². The molecule has 258 valence electrons. The minimum absolute atomic E-state index is 0.00627. The average Bonchev–Trinajstić information content (AvgIpc) is 3.89. The molecule has 1 saturated carbocycles. The Bertz CT molecular complexity index is 1460. The lowest BCUT2D eigenvalue weighted by molar-refractivity contribution is -0.272. The van der Waals surface area contributed by atoms with Crippen LogP contribution in [0.2, 0.25) is 0 Å². The van der Waals surface area contributed by atoms with E-state index in [4.69, 9.17) is 38.2 Å². The highest BCUT2D eigenvalue weighted by atomic mass is 31.2. The Labute approximate surface area is 264 Å². The molecule has 2 fully saturated rings. The average molecular weight is 696 g/mol. The number of rotatable bonds is 19. The van der Waals surface area contributed by atoms with Crippen molar-refractivity contribution in [3.8, 4) is 0 Å². The number of carbonyl (C=O) groups is 1. The third kappa shape index (κ3) is 8.41. The molecule has 1 aromatic heterocycles. The smallest absolute Gasteiger partial charge is 0.400 e. The van der Waals surface area contributed by atoms with Gasteiger partial charge in [-0.1, -0.05) is 0 Å². The van der Waals surface area contributed by atoms with E-state index in [1.165, 1.54) is 6.20 Å². The lowest BCUT2D eigenvalue weighted by Crippen LogP contribution is -2.49. The molecule has 0 amide bonds. The van der Waals surface area contributed by atoms with Gasteiger partial charge in [0.15, 0.2) is 5.40 Å². The van der Waals surface area contributed by atoms with Crippen molar-refractivity contribution in [3.05, 3.63) is 39.9 Å². The Morgan fingerprint density at radius 3 is 1.83 bits per heavy atom.